The second-order valence-corrected chi connectivity index (χ2v) is 4.80. The predicted octanol–water partition coefficient (Wildman–Crippen LogP) is 5.38. The summed E-state index contributed by atoms with van der Waals surface area (Å²) in [4.78, 5) is 0. The monoisotopic (exact) mass is 307 g/mol. The van der Waals surface area contributed by atoms with Crippen LogP contribution >= 0.6 is 37.2 Å². The van der Waals surface area contributed by atoms with Crippen molar-refractivity contribution in [1.82, 2.24) is 0 Å². The van der Waals surface area contributed by atoms with Gasteiger partial charge in [-0.3, -0.25) is 0 Å². The summed E-state index contributed by atoms with van der Waals surface area (Å²) in [7, 11) is 0. The molecule has 2 N–H and O–H groups in total. The number of unbranched alkanes of at least 4 members (excludes halogenated alkanes) is 7. The van der Waals surface area contributed by atoms with Crippen LogP contribution in [0.5, 0.6) is 0 Å². The van der Waals surface area contributed by atoms with E-state index in [1.165, 1.54) is 57.8 Å². The van der Waals surface area contributed by atoms with E-state index < -0.39 is 0 Å². The molecule has 0 aromatic carbocycles. The highest BCUT2D eigenvalue weighted by Gasteiger charge is 1.94. The van der Waals surface area contributed by atoms with Gasteiger partial charge in [0.15, 0.2) is 0 Å². The molecule has 0 aliphatic heterocycles. The summed E-state index contributed by atoms with van der Waals surface area (Å²) < 4.78 is 0. The second-order valence-electron chi connectivity index (χ2n) is 4.80. The van der Waals surface area contributed by atoms with Gasteiger partial charge in [-0.15, -0.1) is 37.2 Å². The van der Waals surface area contributed by atoms with E-state index in [1.807, 2.05) is 0 Å². The topological polar surface area (TPSA) is 26.0 Å². The predicted molar refractivity (Wildman–Crippen MR) is 87.2 cm³/mol. The van der Waals surface area contributed by atoms with Crippen molar-refractivity contribution in [3.8, 4) is 0 Å². The Hall–Kier alpha value is 0.830. The molecule has 17 heavy (non-hydrogen) atoms. The van der Waals surface area contributed by atoms with Gasteiger partial charge < -0.3 is 5.73 Å². The van der Waals surface area contributed by atoms with Crippen molar-refractivity contribution in [2.75, 3.05) is 6.54 Å². The maximum Gasteiger partial charge on any atom is -0.00773 e. The van der Waals surface area contributed by atoms with Crippen LogP contribution in [0.25, 0.3) is 0 Å². The van der Waals surface area contributed by atoms with E-state index in [2.05, 4.69) is 13.8 Å². The van der Waals surface area contributed by atoms with E-state index in [-0.39, 0.29) is 37.2 Å². The summed E-state index contributed by atoms with van der Waals surface area (Å²) in [5, 5.41) is 0. The fourth-order valence-electron chi connectivity index (χ4n) is 1.76. The Morgan fingerprint density at radius 3 is 1.35 bits per heavy atom. The molecule has 0 aromatic heterocycles. The number of halogens is 3. The van der Waals surface area contributed by atoms with E-state index in [9.17, 15) is 0 Å². The molecule has 0 saturated heterocycles. The Kier molecular flexibility index (Phi) is 34.2. The third-order valence-corrected chi connectivity index (χ3v) is 2.74. The molecule has 0 aromatic rings. The largest absolute Gasteiger partial charge is 0.330 e. The first kappa shape index (κ1) is 26.4. The quantitative estimate of drug-likeness (QED) is 0.539. The fourth-order valence-corrected chi connectivity index (χ4v) is 1.76. The number of rotatable bonds is 10. The van der Waals surface area contributed by atoms with Crippen LogP contribution in [-0.2, 0) is 0 Å². The molecule has 0 fully saturated rings. The van der Waals surface area contributed by atoms with Gasteiger partial charge in [-0.05, 0) is 18.9 Å². The minimum Gasteiger partial charge on any atom is -0.330 e. The maximum absolute atomic E-state index is 5.44. The van der Waals surface area contributed by atoms with Gasteiger partial charge >= 0.3 is 0 Å². The Labute approximate surface area is 127 Å². The fraction of sp³-hybridized carbons (Fsp3) is 1.00. The van der Waals surface area contributed by atoms with Gasteiger partial charge in [-0.1, -0.05) is 65.2 Å². The van der Waals surface area contributed by atoms with Crippen molar-refractivity contribution in [2.24, 2.45) is 11.7 Å². The third kappa shape index (κ3) is 26.4. The first-order valence-electron chi connectivity index (χ1n) is 6.47. The summed E-state index contributed by atoms with van der Waals surface area (Å²) in [6.45, 7) is 5.49. The van der Waals surface area contributed by atoms with Crippen LogP contribution in [0.3, 0.4) is 0 Å². The standard InChI is InChI=1S/C13H29N.3ClH/c1-13(2)11-9-7-5-3-4-6-8-10-12-14;;;/h13H,3-12,14H2,1-2H3;3*1H. The molecule has 0 bridgehead atoms. The van der Waals surface area contributed by atoms with Crippen molar-refractivity contribution < 1.29 is 0 Å². The van der Waals surface area contributed by atoms with Crippen LogP contribution in [0.15, 0.2) is 0 Å². The van der Waals surface area contributed by atoms with Crippen LogP contribution in [-0.4, -0.2) is 6.54 Å². The van der Waals surface area contributed by atoms with Crippen molar-refractivity contribution in [3.05, 3.63) is 0 Å². The Bertz CT molecular complexity index is 111. The third-order valence-electron chi connectivity index (χ3n) is 2.74. The van der Waals surface area contributed by atoms with Crippen molar-refractivity contribution in [2.45, 2.75) is 71.6 Å². The summed E-state index contributed by atoms with van der Waals surface area (Å²) in [5.74, 6) is 0.888. The Balaban J connectivity index is -0.000000282. The lowest BCUT2D eigenvalue weighted by molar-refractivity contribution is 0.508. The molecular formula is C13H32Cl3N. The molecule has 0 atom stereocenters. The van der Waals surface area contributed by atoms with Gasteiger partial charge in [0, 0.05) is 0 Å². The lowest BCUT2D eigenvalue weighted by Crippen LogP contribution is -1.97. The highest BCUT2D eigenvalue weighted by Crippen LogP contribution is 2.12. The molecule has 0 heterocycles. The molecule has 0 radical (unpaired) electrons. The van der Waals surface area contributed by atoms with Crippen LogP contribution in [0.1, 0.15) is 71.6 Å². The van der Waals surface area contributed by atoms with Gasteiger partial charge in [0.05, 0.1) is 0 Å². The normalized spacial score (nSPS) is 9.18. The maximum atomic E-state index is 5.44. The molecule has 0 saturated carbocycles. The molecule has 0 amide bonds. The highest BCUT2D eigenvalue weighted by molar-refractivity contribution is 5.86. The van der Waals surface area contributed by atoms with Crippen molar-refractivity contribution >= 4 is 37.2 Å². The average molecular weight is 309 g/mol. The van der Waals surface area contributed by atoms with Crippen LogP contribution in [0.4, 0.5) is 0 Å². The summed E-state index contributed by atoms with van der Waals surface area (Å²) in [6, 6.07) is 0. The molecule has 0 aliphatic rings. The minimum atomic E-state index is 0. The lowest BCUT2D eigenvalue weighted by atomic mass is 10.0. The van der Waals surface area contributed by atoms with Gasteiger partial charge in [-0.25, -0.2) is 0 Å². The van der Waals surface area contributed by atoms with E-state index >= 15 is 0 Å². The zero-order valence-electron chi connectivity index (χ0n) is 11.5. The SMILES string of the molecule is CC(C)CCCCCCCCCCN.Cl.Cl.Cl. The number of nitrogens with two attached hydrogens (primary N) is 1. The molecule has 0 unspecified atom stereocenters. The van der Waals surface area contributed by atoms with Gasteiger partial charge in [0.2, 0.25) is 0 Å². The smallest absolute Gasteiger partial charge is 0.00773 e. The van der Waals surface area contributed by atoms with E-state index in [1.54, 1.807) is 0 Å². The number of hydrogen-bond donors (Lipinski definition) is 1. The molecule has 4 heteroatoms. The summed E-state index contributed by atoms with van der Waals surface area (Å²) >= 11 is 0. The molecule has 1 nitrogen and oxygen atoms in total. The zero-order chi connectivity index (χ0) is 10.6. The van der Waals surface area contributed by atoms with Crippen LogP contribution < -0.4 is 5.73 Å². The van der Waals surface area contributed by atoms with Gasteiger partial charge in [0.25, 0.3) is 0 Å². The Morgan fingerprint density at radius 1 is 0.647 bits per heavy atom. The van der Waals surface area contributed by atoms with Crippen molar-refractivity contribution in [3.63, 3.8) is 0 Å². The first-order valence-corrected chi connectivity index (χ1v) is 6.47. The molecule has 0 rings (SSSR count). The zero-order valence-corrected chi connectivity index (χ0v) is 13.9. The summed E-state index contributed by atoms with van der Waals surface area (Å²) in [6.07, 6.45) is 12.5. The van der Waals surface area contributed by atoms with Gasteiger partial charge in [-0.2, -0.15) is 0 Å². The van der Waals surface area contributed by atoms with Gasteiger partial charge in [0.1, 0.15) is 0 Å². The highest BCUT2D eigenvalue weighted by atomic mass is 35.5. The molecule has 110 valence electrons. The molecular weight excluding hydrogens is 277 g/mol. The van der Waals surface area contributed by atoms with E-state index in [4.69, 9.17) is 5.73 Å². The number of hydrogen-bond acceptors (Lipinski definition) is 1. The molecule has 0 aliphatic carbocycles. The second kappa shape index (κ2) is 22.0. The van der Waals surface area contributed by atoms with Crippen LogP contribution in [0.2, 0.25) is 0 Å². The lowest BCUT2D eigenvalue weighted by Gasteiger charge is -2.04. The average Bonchev–Trinajstić information content (AvgIpc) is 2.15. The van der Waals surface area contributed by atoms with E-state index in [0.717, 1.165) is 12.5 Å². The van der Waals surface area contributed by atoms with Crippen molar-refractivity contribution in [1.29, 1.82) is 0 Å². The molecule has 0 spiro atoms. The summed E-state index contributed by atoms with van der Waals surface area (Å²) in [5.41, 5.74) is 5.44. The van der Waals surface area contributed by atoms with Crippen LogP contribution in [0, 0.1) is 5.92 Å². The Morgan fingerprint density at radius 2 is 1.00 bits per heavy atom. The minimum absolute atomic E-state index is 0. The first-order chi connectivity index (χ1) is 6.77. The van der Waals surface area contributed by atoms with E-state index in [0.29, 0.717) is 0 Å².